The molecule has 0 radical (unpaired) electrons. The highest BCUT2D eigenvalue weighted by Crippen LogP contribution is 2.27. The minimum absolute atomic E-state index is 0.249. The van der Waals surface area contributed by atoms with Crippen LogP contribution in [0.5, 0.6) is 0 Å². The lowest BCUT2D eigenvalue weighted by Crippen LogP contribution is -2.52. The van der Waals surface area contributed by atoms with E-state index < -0.39 is 0 Å². The topological polar surface area (TPSA) is 45.2 Å². The fourth-order valence-corrected chi connectivity index (χ4v) is 4.38. The first kappa shape index (κ1) is 18.6. The van der Waals surface area contributed by atoms with E-state index in [1.54, 1.807) is 0 Å². The maximum Gasteiger partial charge on any atom is 0.0900 e. The molecule has 2 unspecified atom stereocenters. The molecular weight excluding hydrogens is 304 g/mol. The quantitative estimate of drug-likeness (QED) is 0.765. The first-order valence-electron chi connectivity index (χ1n) is 10.0. The Morgan fingerprint density at radius 2 is 1.83 bits per heavy atom. The minimum Gasteiger partial charge on any atom is -0.389 e. The number of β-amino-alcohol motifs (C(OH)–C–C–N with tert-alkyl or cyclic N) is 1. The van der Waals surface area contributed by atoms with Crippen molar-refractivity contribution in [3.8, 4) is 0 Å². The number of hydrogen-bond donors (Lipinski definition) is 1. The van der Waals surface area contributed by atoms with Crippen molar-refractivity contribution < 1.29 is 14.6 Å². The molecular formula is C19H36N2O3. The molecule has 0 aromatic rings. The Labute approximate surface area is 147 Å². The number of ether oxygens (including phenoxy) is 2. The largest absolute Gasteiger partial charge is 0.389 e. The van der Waals surface area contributed by atoms with Crippen LogP contribution in [0.4, 0.5) is 0 Å². The van der Waals surface area contributed by atoms with Gasteiger partial charge in [-0.05, 0) is 44.4 Å². The van der Waals surface area contributed by atoms with Gasteiger partial charge in [-0.3, -0.25) is 9.80 Å². The molecule has 24 heavy (non-hydrogen) atoms. The van der Waals surface area contributed by atoms with Gasteiger partial charge in [0.15, 0.2) is 0 Å². The molecule has 3 aliphatic rings. The van der Waals surface area contributed by atoms with Crippen LogP contribution >= 0.6 is 0 Å². The molecule has 1 aliphatic carbocycles. The van der Waals surface area contributed by atoms with E-state index in [0.717, 1.165) is 64.1 Å². The summed E-state index contributed by atoms with van der Waals surface area (Å²) < 4.78 is 11.2. The normalized spacial score (nSPS) is 34.5. The zero-order chi connectivity index (χ0) is 16.8. The molecule has 3 rings (SSSR count). The molecule has 140 valence electrons. The highest BCUT2D eigenvalue weighted by Gasteiger charge is 2.27. The molecule has 2 saturated heterocycles. The van der Waals surface area contributed by atoms with Crippen molar-refractivity contribution in [2.24, 2.45) is 5.92 Å². The molecule has 5 nitrogen and oxygen atoms in total. The Hall–Kier alpha value is -0.200. The van der Waals surface area contributed by atoms with Gasteiger partial charge in [-0.15, -0.1) is 0 Å². The van der Waals surface area contributed by atoms with Gasteiger partial charge in [0, 0.05) is 45.4 Å². The molecule has 2 heterocycles. The van der Waals surface area contributed by atoms with E-state index in [0.29, 0.717) is 13.2 Å². The van der Waals surface area contributed by atoms with E-state index in [1.165, 1.54) is 25.7 Å². The van der Waals surface area contributed by atoms with E-state index >= 15 is 0 Å². The SMILES string of the molecule is CC1CCC(N2CCN(CC(O)COCC3CCCO3)CC2)CC1. The van der Waals surface area contributed by atoms with Crippen LogP contribution in [0.25, 0.3) is 0 Å². The first-order valence-corrected chi connectivity index (χ1v) is 10.0. The van der Waals surface area contributed by atoms with Crippen molar-refractivity contribution in [1.82, 2.24) is 9.80 Å². The number of piperazine rings is 1. The average Bonchev–Trinajstić information content (AvgIpc) is 3.10. The summed E-state index contributed by atoms with van der Waals surface area (Å²) in [6.45, 7) is 9.51. The van der Waals surface area contributed by atoms with Crippen LogP contribution in [0.3, 0.4) is 0 Å². The summed E-state index contributed by atoms with van der Waals surface area (Å²) in [5.41, 5.74) is 0. The summed E-state index contributed by atoms with van der Waals surface area (Å²) in [5.74, 6) is 0.923. The molecule has 1 saturated carbocycles. The van der Waals surface area contributed by atoms with Crippen LogP contribution in [-0.2, 0) is 9.47 Å². The summed E-state index contributed by atoms with van der Waals surface area (Å²) >= 11 is 0. The van der Waals surface area contributed by atoms with Crippen LogP contribution in [-0.4, -0.2) is 85.7 Å². The van der Waals surface area contributed by atoms with Gasteiger partial charge in [-0.2, -0.15) is 0 Å². The monoisotopic (exact) mass is 340 g/mol. The molecule has 3 fully saturated rings. The lowest BCUT2D eigenvalue weighted by molar-refractivity contribution is -0.0305. The van der Waals surface area contributed by atoms with E-state index in [4.69, 9.17) is 9.47 Å². The van der Waals surface area contributed by atoms with Crippen molar-refractivity contribution in [3.63, 3.8) is 0 Å². The van der Waals surface area contributed by atoms with Gasteiger partial charge >= 0.3 is 0 Å². The van der Waals surface area contributed by atoms with Crippen LogP contribution in [0, 0.1) is 5.92 Å². The van der Waals surface area contributed by atoms with Crippen molar-refractivity contribution in [2.45, 2.75) is 63.7 Å². The number of rotatable bonds is 7. The molecule has 0 aromatic carbocycles. The van der Waals surface area contributed by atoms with Crippen LogP contribution in [0.1, 0.15) is 45.4 Å². The third-order valence-electron chi connectivity index (χ3n) is 6.02. The maximum atomic E-state index is 10.2. The highest BCUT2D eigenvalue weighted by molar-refractivity contribution is 4.83. The third kappa shape index (κ3) is 5.67. The molecule has 1 N–H and O–H groups in total. The van der Waals surface area contributed by atoms with Gasteiger partial charge in [0.05, 0.1) is 25.4 Å². The lowest BCUT2D eigenvalue weighted by Gasteiger charge is -2.42. The van der Waals surface area contributed by atoms with E-state index in [2.05, 4.69) is 16.7 Å². The number of nitrogens with zero attached hydrogens (tertiary/aromatic N) is 2. The molecule has 2 atom stereocenters. The number of aliphatic hydroxyl groups excluding tert-OH is 1. The summed E-state index contributed by atoms with van der Waals surface area (Å²) in [6.07, 6.45) is 7.64. The summed E-state index contributed by atoms with van der Waals surface area (Å²) in [4.78, 5) is 5.07. The third-order valence-corrected chi connectivity index (χ3v) is 6.02. The Balaban J connectivity index is 1.27. The summed E-state index contributed by atoms with van der Waals surface area (Å²) in [6, 6.07) is 0.808. The van der Waals surface area contributed by atoms with Gasteiger partial charge in [0.25, 0.3) is 0 Å². The van der Waals surface area contributed by atoms with Gasteiger partial charge in [0.1, 0.15) is 0 Å². The smallest absolute Gasteiger partial charge is 0.0900 e. The molecule has 0 spiro atoms. The molecule has 2 aliphatic heterocycles. The van der Waals surface area contributed by atoms with Gasteiger partial charge < -0.3 is 14.6 Å². The number of hydrogen-bond acceptors (Lipinski definition) is 5. The predicted octanol–water partition coefficient (Wildman–Crippen LogP) is 1.74. The van der Waals surface area contributed by atoms with E-state index in [1.807, 2.05) is 0 Å². The zero-order valence-corrected chi connectivity index (χ0v) is 15.4. The molecule has 0 amide bonds. The summed E-state index contributed by atoms with van der Waals surface area (Å²) in [7, 11) is 0. The highest BCUT2D eigenvalue weighted by atomic mass is 16.5. The fourth-order valence-electron chi connectivity index (χ4n) is 4.38. The van der Waals surface area contributed by atoms with E-state index in [-0.39, 0.29) is 12.2 Å². The maximum absolute atomic E-state index is 10.2. The van der Waals surface area contributed by atoms with Gasteiger partial charge in [-0.25, -0.2) is 0 Å². The standard InChI is InChI=1S/C19H36N2O3/c1-16-4-6-17(7-5-16)21-10-8-20(9-11-21)13-18(22)14-23-15-19-3-2-12-24-19/h16-19,22H,2-15H2,1H3. The Morgan fingerprint density at radius 1 is 1.08 bits per heavy atom. The van der Waals surface area contributed by atoms with E-state index in [9.17, 15) is 5.11 Å². The summed E-state index contributed by atoms with van der Waals surface area (Å²) in [5, 5.41) is 10.2. The average molecular weight is 341 g/mol. The van der Waals surface area contributed by atoms with Crippen molar-refractivity contribution >= 4 is 0 Å². The second kappa shape index (κ2) is 9.48. The number of aliphatic hydroxyl groups is 1. The Kier molecular flexibility index (Phi) is 7.35. The second-order valence-corrected chi connectivity index (χ2v) is 8.08. The van der Waals surface area contributed by atoms with Crippen LogP contribution < -0.4 is 0 Å². The van der Waals surface area contributed by atoms with Crippen molar-refractivity contribution in [1.29, 1.82) is 0 Å². The first-order chi connectivity index (χ1) is 11.7. The van der Waals surface area contributed by atoms with Crippen LogP contribution in [0.2, 0.25) is 0 Å². The molecule has 5 heteroatoms. The second-order valence-electron chi connectivity index (χ2n) is 8.08. The van der Waals surface area contributed by atoms with Crippen molar-refractivity contribution in [3.05, 3.63) is 0 Å². The predicted molar refractivity (Wildman–Crippen MR) is 95.2 cm³/mol. The Morgan fingerprint density at radius 3 is 2.50 bits per heavy atom. The minimum atomic E-state index is -0.381. The van der Waals surface area contributed by atoms with Gasteiger partial charge in [0.2, 0.25) is 0 Å². The van der Waals surface area contributed by atoms with Crippen LogP contribution in [0.15, 0.2) is 0 Å². The van der Waals surface area contributed by atoms with Crippen molar-refractivity contribution in [2.75, 3.05) is 52.5 Å². The Bertz CT molecular complexity index is 347. The fraction of sp³-hybridized carbons (Fsp3) is 1.00. The molecule has 0 bridgehead atoms. The lowest BCUT2D eigenvalue weighted by atomic mass is 9.86. The molecule has 0 aromatic heterocycles. The van der Waals surface area contributed by atoms with Gasteiger partial charge in [-0.1, -0.05) is 6.92 Å². The zero-order valence-electron chi connectivity index (χ0n) is 15.4.